The highest BCUT2D eigenvalue weighted by Gasteiger charge is 2.09. The largest absolute Gasteiger partial charge is 0.326 e. The molecular formula is C8H6ClFN2. The van der Waals surface area contributed by atoms with Crippen molar-refractivity contribution in [3.63, 3.8) is 0 Å². The van der Waals surface area contributed by atoms with Gasteiger partial charge in [-0.1, -0.05) is 17.7 Å². The van der Waals surface area contributed by atoms with Gasteiger partial charge in [-0.05, 0) is 11.6 Å². The van der Waals surface area contributed by atoms with Gasteiger partial charge in [-0.15, -0.1) is 0 Å². The summed E-state index contributed by atoms with van der Waals surface area (Å²) in [4.78, 5) is 0. The average molecular weight is 185 g/mol. The van der Waals surface area contributed by atoms with Crippen molar-refractivity contribution < 1.29 is 4.39 Å². The Labute approximate surface area is 74.4 Å². The van der Waals surface area contributed by atoms with Gasteiger partial charge in [0.15, 0.2) is 0 Å². The second-order valence-corrected chi connectivity index (χ2v) is 2.59. The summed E-state index contributed by atoms with van der Waals surface area (Å²) in [6, 6.07) is 4.46. The predicted molar refractivity (Wildman–Crippen MR) is 44.0 cm³/mol. The Bertz CT molecular complexity index is 344. The second kappa shape index (κ2) is 3.53. The molecule has 2 N–H and O–H groups in total. The number of nitriles is 1. The average Bonchev–Trinajstić information content (AvgIpc) is 2.09. The normalized spacial score (nSPS) is 9.50. The van der Waals surface area contributed by atoms with E-state index in [9.17, 15) is 4.39 Å². The third-order valence-electron chi connectivity index (χ3n) is 1.51. The molecule has 0 aliphatic rings. The zero-order valence-electron chi connectivity index (χ0n) is 6.14. The lowest BCUT2D eigenvalue weighted by Gasteiger charge is -2.02. The van der Waals surface area contributed by atoms with E-state index in [2.05, 4.69) is 0 Å². The molecular weight excluding hydrogens is 179 g/mol. The minimum absolute atomic E-state index is 0.124. The number of hydrogen-bond donors (Lipinski definition) is 1. The van der Waals surface area contributed by atoms with Gasteiger partial charge in [0.1, 0.15) is 11.9 Å². The number of halogens is 2. The molecule has 0 saturated heterocycles. The van der Waals surface area contributed by atoms with Crippen molar-refractivity contribution in [1.29, 1.82) is 5.26 Å². The Hall–Kier alpha value is -1.11. The molecule has 62 valence electrons. The monoisotopic (exact) mass is 184 g/mol. The van der Waals surface area contributed by atoms with Gasteiger partial charge in [0.05, 0.1) is 10.6 Å². The standard InChI is InChI=1S/C8H6ClFN2/c9-8-6(4-12)5(3-11)1-2-7(8)10/h1-2H,3,11H2. The first kappa shape index (κ1) is 8.98. The zero-order chi connectivity index (χ0) is 9.14. The van der Waals surface area contributed by atoms with E-state index in [-0.39, 0.29) is 17.1 Å². The molecule has 1 aromatic carbocycles. The minimum Gasteiger partial charge on any atom is -0.326 e. The summed E-state index contributed by atoms with van der Waals surface area (Å²) >= 11 is 5.52. The van der Waals surface area contributed by atoms with Crippen LogP contribution in [0, 0.1) is 17.1 Å². The topological polar surface area (TPSA) is 49.8 Å². The number of nitrogens with two attached hydrogens (primary N) is 1. The predicted octanol–water partition coefficient (Wildman–Crippen LogP) is 1.81. The number of rotatable bonds is 1. The maximum absolute atomic E-state index is 12.8. The molecule has 0 aliphatic carbocycles. The van der Waals surface area contributed by atoms with Crippen LogP contribution in [0.3, 0.4) is 0 Å². The van der Waals surface area contributed by atoms with Crippen molar-refractivity contribution >= 4 is 11.6 Å². The van der Waals surface area contributed by atoms with Crippen LogP contribution in [0.2, 0.25) is 5.02 Å². The fourth-order valence-corrected chi connectivity index (χ4v) is 1.11. The van der Waals surface area contributed by atoms with E-state index in [4.69, 9.17) is 22.6 Å². The smallest absolute Gasteiger partial charge is 0.143 e. The molecule has 0 aromatic heterocycles. The molecule has 0 aliphatic heterocycles. The second-order valence-electron chi connectivity index (χ2n) is 2.21. The molecule has 0 heterocycles. The van der Waals surface area contributed by atoms with Crippen LogP contribution in [0.15, 0.2) is 12.1 Å². The van der Waals surface area contributed by atoms with Crippen molar-refractivity contribution in [1.82, 2.24) is 0 Å². The van der Waals surface area contributed by atoms with Gasteiger partial charge < -0.3 is 5.73 Å². The van der Waals surface area contributed by atoms with E-state index in [1.807, 2.05) is 0 Å². The molecule has 0 fully saturated rings. The molecule has 2 nitrogen and oxygen atoms in total. The highest BCUT2D eigenvalue weighted by atomic mass is 35.5. The van der Waals surface area contributed by atoms with Crippen molar-refractivity contribution in [2.45, 2.75) is 6.54 Å². The lowest BCUT2D eigenvalue weighted by atomic mass is 10.1. The molecule has 1 rings (SSSR count). The van der Waals surface area contributed by atoms with Crippen molar-refractivity contribution in [3.05, 3.63) is 34.1 Å². The fourth-order valence-electron chi connectivity index (χ4n) is 0.882. The van der Waals surface area contributed by atoms with E-state index in [1.165, 1.54) is 12.1 Å². The zero-order valence-corrected chi connectivity index (χ0v) is 6.90. The van der Waals surface area contributed by atoms with Crippen LogP contribution in [-0.2, 0) is 6.54 Å². The number of nitrogens with zero attached hydrogens (tertiary/aromatic N) is 1. The van der Waals surface area contributed by atoms with Crippen molar-refractivity contribution in [3.8, 4) is 6.07 Å². The van der Waals surface area contributed by atoms with E-state index in [1.54, 1.807) is 6.07 Å². The number of benzene rings is 1. The summed E-state index contributed by atoms with van der Waals surface area (Å²) < 4.78 is 12.8. The molecule has 0 saturated carbocycles. The van der Waals surface area contributed by atoms with Crippen LogP contribution in [0.5, 0.6) is 0 Å². The van der Waals surface area contributed by atoms with E-state index in [0.29, 0.717) is 5.56 Å². The van der Waals surface area contributed by atoms with Gasteiger partial charge in [0, 0.05) is 6.54 Å². The van der Waals surface area contributed by atoms with Gasteiger partial charge in [-0.3, -0.25) is 0 Å². The van der Waals surface area contributed by atoms with Crippen LogP contribution in [-0.4, -0.2) is 0 Å². The first-order chi connectivity index (χ1) is 5.70. The van der Waals surface area contributed by atoms with Gasteiger partial charge in [0.2, 0.25) is 0 Å². The molecule has 1 aromatic rings. The van der Waals surface area contributed by atoms with Crippen LogP contribution in [0.4, 0.5) is 4.39 Å². The molecule has 0 bridgehead atoms. The molecule has 12 heavy (non-hydrogen) atoms. The number of hydrogen-bond acceptors (Lipinski definition) is 2. The molecule has 0 atom stereocenters. The minimum atomic E-state index is -0.592. The Morgan fingerprint density at radius 2 is 2.25 bits per heavy atom. The molecule has 0 radical (unpaired) electrons. The Kier molecular flexibility index (Phi) is 2.64. The van der Waals surface area contributed by atoms with E-state index >= 15 is 0 Å². The lowest BCUT2D eigenvalue weighted by molar-refractivity contribution is 0.627. The Morgan fingerprint density at radius 1 is 1.58 bits per heavy atom. The van der Waals surface area contributed by atoms with E-state index < -0.39 is 5.82 Å². The summed E-state index contributed by atoms with van der Waals surface area (Å²) in [5, 5.41) is 8.45. The summed E-state index contributed by atoms with van der Waals surface area (Å²) in [7, 11) is 0. The van der Waals surface area contributed by atoms with E-state index in [0.717, 1.165) is 0 Å². The summed E-state index contributed by atoms with van der Waals surface area (Å²) in [6.45, 7) is 0.183. The highest BCUT2D eigenvalue weighted by Crippen LogP contribution is 2.22. The van der Waals surface area contributed by atoms with Crippen LogP contribution >= 0.6 is 11.6 Å². The van der Waals surface area contributed by atoms with Gasteiger partial charge in [0.25, 0.3) is 0 Å². The van der Waals surface area contributed by atoms with Crippen LogP contribution < -0.4 is 5.73 Å². The summed E-state index contributed by atoms with van der Waals surface area (Å²) in [5.74, 6) is -0.592. The van der Waals surface area contributed by atoms with Gasteiger partial charge in [-0.2, -0.15) is 5.26 Å². The van der Waals surface area contributed by atoms with Crippen LogP contribution in [0.1, 0.15) is 11.1 Å². The lowest BCUT2D eigenvalue weighted by Crippen LogP contribution is -2.00. The Morgan fingerprint density at radius 3 is 2.75 bits per heavy atom. The quantitative estimate of drug-likeness (QED) is 0.724. The Balaban J connectivity index is 3.38. The first-order valence-electron chi connectivity index (χ1n) is 3.27. The van der Waals surface area contributed by atoms with Crippen LogP contribution in [0.25, 0.3) is 0 Å². The third-order valence-corrected chi connectivity index (χ3v) is 1.88. The molecule has 4 heteroatoms. The fraction of sp³-hybridized carbons (Fsp3) is 0.125. The summed E-state index contributed by atoms with van der Waals surface area (Å²) in [5.41, 5.74) is 6.00. The maximum Gasteiger partial charge on any atom is 0.143 e. The maximum atomic E-state index is 12.8. The highest BCUT2D eigenvalue weighted by molar-refractivity contribution is 6.32. The van der Waals surface area contributed by atoms with Crippen molar-refractivity contribution in [2.75, 3.05) is 0 Å². The molecule has 0 amide bonds. The first-order valence-corrected chi connectivity index (χ1v) is 3.65. The third kappa shape index (κ3) is 1.40. The summed E-state index contributed by atoms with van der Waals surface area (Å²) in [6.07, 6.45) is 0. The SMILES string of the molecule is N#Cc1c(CN)ccc(F)c1Cl. The van der Waals surface area contributed by atoms with Gasteiger partial charge in [-0.25, -0.2) is 4.39 Å². The van der Waals surface area contributed by atoms with Gasteiger partial charge >= 0.3 is 0 Å². The molecule has 0 spiro atoms. The molecule has 0 unspecified atom stereocenters. The van der Waals surface area contributed by atoms with Crippen molar-refractivity contribution in [2.24, 2.45) is 5.73 Å².